The quantitative estimate of drug-likeness (QED) is 0.468. The zero-order valence-corrected chi connectivity index (χ0v) is 13.7. The molecule has 0 fully saturated rings. The number of aryl methyl sites for hydroxylation is 2. The molecular formula is C18H18N5+. The molecule has 0 unspecified atom stereocenters. The van der Waals surface area contributed by atoms with Crippen molar-refractivity contribution in [1.29, 1.82) is 0 Å². The summed E-state index contributed by atoms with van der Waals surface area (Å²) in [7, 11) is 2.11. The standard InChI is InChI=1S/C18H18N5/c1-11-5-6-12-14-13(11)16-21(4)9-10-23(16)18(2,3)15(14)22-8-7-19-17(22)20-12/h5-10H,1-4H3/q+1. The minimum absolute atomic E-state index is 0.183. The van der Waals surface area contributed by atoms with Crippen LogP contribution < -0.4 is 4.57 Å². The normalized spacial score (nSPS) is 15.3. The Bertz CT molecular complexity index is 1110. The van der Waals surface area contributed by atoms with Crippen LogP contribution in [0.5, 0.6) is 0 Å². The molecule has 0 saturated carbocycles. The summed E-state index contributed by atoms with van der Waals surface area (Å²) in [5, 5.41) is 1.24. The van der Waals surface area contributed by atoms with E-state index in [1.807, 2.05) is 12.4 Å². The van der Waals surface area contributed by atoms with Crippen LogP contribution in [0.1, 0.15) is 25.1 Å². The molecule has 0 saturated heterocycles. The van der Waals surface area contributed by atoms with E-state index in [2.05, 4.69) is 70.9 Å². The number of fused-ring (bicyclic) bond motifs is 4. The molecule has 0 atom stereocenters. The van der Waals surface area contributed by atoms with Gasteiger partial charge < -0.3 is 0 Å². The highest BCUT2D eigenvalue weighted by Gasteiger charge is 2.42. The molecule has 3 aromatic heterocycles. The molecule has 23 heavy (non-hydrogen) atoms. The number of hydrogen-bond donors (Lipinski definition) is 0. The Balaban J connectivity index is 2.16. The first-order valence-electron chi connectivity index (χ1n) is 7.85. The summed E-state index contributed by atoms with van der Waals surface area (Å²) >= 11 is 0. The number of rotatable bonds is 0. The first kappa shape index (κ1) is 12.8. The van der Waals surface area contributed by atoms with Crippen molar-refractivity contribution in [2.45, 2.75) is 26.3 Å². The first-order chi connectivity index (χ1) is 11.0. The van der Waals surface area contributed by atoms with Crippen LogP contribution in [0.25, 0.3) is 28.1 Å². The molecule has 0 amide bonds. The number of hydrogen-bond acceptors (Lipinski definition) is 2. The summed E-state index contributed by atoms with van der Waals surface area (Å²) < 4.78 is 6.69. The van der Waals surface area contributed by atoms with E-state index >= 15 is 0 Å². The highest BCUT2D eigenvalue weighted by atomic mass is 15.2. The van der Waals surface area contributed by atoms with Crippen LogP contribution in [0.2, 0.25) is 0 Å². The summed E-state index contributed by atoms with van der Waals surface area (Å²) in [6.07, 6.45) is 8.13. The molecule has 0 spiro atoms. The van der Waals surface area contributed by atoms with Gasteiger partial charge in [-0.05, 0) is 32.4 Å². The molecule has 4 aromatic rings. The summed E-state index contributed by atoms with van der Waals surface area (Å²) in [4.78, 5) is 9.19. The third-order valence-corrected chi connectivity index (χ3v) is 5.12. The number of imidazole rings is 2. The van der Waals surface area contributed by atoms with Crippen LogP contribution in [0.3, 0.4) is 0 Å². The van der Waals surface area contributed by atoms with Gasteiger partial charge in [-0.3, -0.25) is 4.40 Å². The van der Waals surface area contributed by atoms with Gasteiger partial charge in [0.05, 0.1) is 23.8 Å². The Morgan fingerprint density at radius 2 is 2.00 bits per heavy atom. The second kappa shape index (κ2) is 3.79. The molecule has 0 bridgehead atoms. The molecule has 114 valence electrons. The lowest BCUT2D eigenvalue weighted by molar-refractivity contribution is -0.659. The minimum atomic E-state index is -0.183. The number of nitrogens with zero attached hydrogens (tertiary/aromatic N) is 5. The van der Waals surface area contributed by atoms with Crippen LogP contribution in [0.15, 0.2) is 36.9 Å². The number of benzene rings is 1. The van der Waals surface area contributed by atoms with Crippen molar-refractivity contribution in [1.82, 2.24) is 18.9 Å². The molecule has 0 radical (unpaired) electrons. The highest BCUT2D eigenvalue weighted by Crippen LogP contribution is 2.43. The molecule has 0 N–H and O–H groups in total. The Kier molecular flexibility index (Phi) is 2.11. The molecule has 5 nitrogen and oxygen atoms in total. The Morgan fingerprint density at radius 1 is 1.17 bits per heavy atom. The molecule has 1 aliphatic rings. The van der Waals surface area contributed by atoms with Gasteiger partial charge in [0, 0.05) is 17.8 Å². The van der Waals surface area contributed by atoms with Crippen LogP contribution in [0, 0.1) is 6.92 Å². The van der Waals surface area contributed by atoms with Crippen molar-refractivity contribution in [3.05, 3.63) is 48.2 Å². The highest BCUT2D eigenvalue weighted by molar-refractivity contribution is 5.98. The third kappa shape index (κ3) is 1.36. The van der Waals surface area contributed by atoms with Gasteiger partial charge in [-0.15, -0.1) is 0 Å². The van der Waals surface area contributed by atoms with E-state index in [9.17, 15) is 0 Å². The average Bonchev–Trinajstić information content (AvgIpc) is 3.11. The second-order valence-corrected chi connectivity index (χ2v) is 6.87. The Morgan fingerprint density at radius 3 is 2.83 bits per heavy atom. The van der Waals surface area contributed by atoms with Gasteiger partial charge >= 0.3 is 0 Å². The topological polar surface area (TPSA) is 39.0 Å². The van der Waals surface area contributed by atoms with Gasteiger partial charge in [0.2, 0.25) is 5.78 Å². The SMILES string of the molecule is Cc1ccc2nc3nccn3c3c2c1-c1n(cc[n+]1C)C3(C)C. The summed E-state index contributed by atoms with van der Waals surface area (Å²) in [5.74, 6) is 1.99. The lowest BCUT2D eigenvalue weighted by atomic mass is 9.87. The van der Waals surface area contributed by atoms with E-state index in [-0.39, 0.29) is 5.54 Å². The van der Waals surface area contributed by atoms with Gasteiger partial charge in [-0.1, -0.05) is 6.07 Å². The van der Waals surface area contributed by atoms with Gasteiger partial charge in [0.15, 0.2) is 0 Å². The van der Waals surface area contributed by atoms with E-state index in [0.717, 1.165) is 11.3 Å². The predicted molar refractivity (Wildman–Crippen MR) is 88.3 cm³/mol. The summed E-state index contributed by atoms with van der Waals surface area (Å²) in [6.45, 7) is 6.69. The summed E-state index contributed by atoms with van der Waals surface area (Å²) in [5.41, 5.74) is 4.62. The van der Waals surface area contributed by atoms with Crippen LogP contribution >= 0.6 is 0 Å². The zero-order valence-electron chi connectivity index (χ0n) is 13.7. The van der Waals surface area contributed by atoms with Crippen molar-refractivity contribution >= 4 is 16.7 Å². The van der Waals surface area contributed by atoms with Crippen molar-refractivity contribution in [3.63, 3.8) is 0 Å². The molecule has 1 aliphatic heterocycles. The Hall–Kier alpha value is -2.69. The fraction of sp³-hybridized carbons (Fsp3) is 0.278. The maximum atomic E-state index is 4.77. The van der Waals surface area contributed by atoms with Crippen molar-refractivity contribution in [2.24, 2.45) is 7.05 Å². The molecular weight excluding hydrogens is 286 g/mol. The van der Waals surface area contributed by atoms with Gasteiger partial charge in [-0.2, -0.15) is 0 Å². The van der Waals surface area contributed by atoms with Gasteiger partial charge in [0.1, 0.15) is 17.9 Å². The third-order valence-electron chi connectivity index (χ3n) is 5.12. The van der Waals surface area contributed by atoms with Crippen molar-refractivity contribution < 1.29 is 4.57 Å². The largest absolute Gasteiger partial charge is 0.290 e. The molecule has 5 heteroatoms. The van der Waals surface area contributed by atoms with E-state index < -0.39 is 0 Å². The van der Waals surface area contributed by atoms with Gasteiger partial charge in [-0.25, -0.2) is 19.1 Å². The van der Waals surface area contributed by atoms with Crippen LogP contribution in [-0.2, 0) is 12.6 Å². The minimum Gasteiger partial charge on any atom is -0.283 e. The lowest BCUT2D eigenvalue weighted by Gasteiger charge is -2.31. The van der Waals surface area contributed by atoms with Crippen LogP contribution in [0.4, 0.5) is 0 Å². The van der Waals surface area contributed by atoms with Crippen LogP contribution in [-0.4, -0.2) is 18.9 Å². The van der Waals surface area contributed by atoms with Crippen molar-refractivity contribution in [2.75, 3.05) is 0 Å². The van der Waals surface area contributed by atoms with Gasteiger partial charge in [0.25, 0.3) is 5.82 Å². The molecule has 1 aromatic carbocycles. The monoisotopic (exact) mass is 304 g/mol. The van der Waals surface area contributed by atoms with E-state index in [1.54, 1.807) is 0 Å². The molecule has 0 aliphatic carbocycles. The predicted octanol–water partition coefficient (Wildman–Crippen LogP) is 2.58. The zero-order chi connectivity index (χ0) is 15.9. The molecule has 4 heterocycles. The maximum Gasteiger partial charge on any atom is 0.290 e. The molecule has 5 rings (SSSR count). The smallest absolute Gasteiger partial charge is 0.283 e. The lowest BCUT2D eigenvalue weighted by Crippen LogP contribution is -2.39. The van der Waals surface area contributed by atoms with Crippen molar-refractivity contribution in [3.8, 4) is 11.4 Å². The second-order valence-electron chi connectivity index (χ2n) is 6.87. The summed E-state index contributed by atoms with van der Waals surface area (Å²) in [6, 6.07) is 4.27. The maximum absolute atomic E-state index is 4.77. The number of aromatic nitrogens is 5. The van der Waals surface area contributed by atoms with E-state index in [1.165, 1.54) is 28.0 Å². The fourth-order valence-electron chi connectivity index (χ4n) is 4.04. The van der Waals surface area contributed by atoms with E-state index in [0.29, 0.717) is 0 Å². The average molecular weight is 304 g/mol. The fourth-order valence-corrected chi connectivity index (χ4v) is 4.04. The van der Waals surface area contributed by atoms with E-state index in [4.69, 9.17) is 4.98 Å². The first-order valence-corrected chi connectivity index (χ1v) is 7.85. The Labute approximate surface area is 133 Å².